The Labute approximate surface area is 127 Å². The Kier molecular flexibility index (Phi) is 4.90. The molecular weight excluding hydrogens is 300 g/mol. The molecule has 0 radical (unpaired) electrons. The quantitative estimate of drug-likeness (QED) is 0.458. The summed E-state index contributed by atoms with van der Waals surface area (Å²) in [4.78, 5) is 0.783. The van der Waals surface area contributed by atoms with Crippen LogP contribution in [-0.4, -0.2) is 17.0 Å². The summed E-state index contributed by atoms with van der Waals surface area (Å²) >= 11 is 3.90. The smallest absolute Gasteiger partial charge is 0.0685 e. The van der Waals surface area contributed by atoms with Gasteiger partial charge in [-0.3, -0.25) is 0 Å². The van der Waals surface area contributed by atoms with Gasteiger partial charge in [-0.1, -0.05) is 54.5 Å². The minimum absolute atomic E-state index is 0.301. The Morgan fingerprint density at radius 2 is 1.63 bits per heavy atom. The van der Waals surface area contributed by atoms with Gasteiger partial charge in [0.1, 0.15) is 0 Å². The number of halogens is 1. The number of hydrogen-bond donors (Lipinski definition) is 0. The summed E-state index contributed by atoms with van der Waals surface area (Å²) in [6, 6.07) is 0. The van der Waals surface area contributed by atoms with Crippen molar-refractivity contribution in [3.8, 4) is 0 Å². The largest absolute Gasteiger partial charge is 0.375 e. The number of ether oxygens (including phenoxy) is 1. The van der Waals surface area contributed by atoms with Crippen molar-refractivity contribution < 1.29 is 4.74 Å². The molecule has 1 nitrogen and oxygen atoms in total. The molecule has 110 valence electrons. The molecule has 3 aliphatic rings. The maximum atomic E-state index is 6.27. The van der Waals surface area contributed by atoms with Crippen molar-refractivity contribution in [3.05, 3.63) is 0 Å². The number of alkyl halides is 1. The lowest BCUT2D eigenvalue weighted by Crippen LogP contribution is -2.43. The van der Waals surface area contributed by atoms with E-state index in [0.717, 1.165) is 23.3 Å². The zero-order valence-corrected chi connectivity index (χ0v) is 13.8. The van der Waals surface area contributed by atoms with Crippen molar-refractivity contribution in [2.45, 2.75) is 87.5 Å². The molecule has 2 aliphatic carbocycles. The van der Waals surface area contributed by atoms with Crippen LogP contribution in [0.3, 0.4) is 0 Å². The standard InChI is InChI=1S/C17H29BrO/c18-16-7-3-2-6-14(12-16)15-8-11-19-17(13-15)9-4-1-5-10-17/h14-16H,1-13H2. The summed E-state index contributed by atoms with van der Waals surface area (Å²) < 4.78 is 6.27. The first-order valence-corrected chi connectivity index (χ1v) is 9.47. The second-order valence-electron chi connectivity index (χ2n) is 7.22. The Morgan fingerprint density at radius 3 is 2.47 bits per heavy atom. The van der Waals surface area contributed by atoms with Crippen LogP contribution in [0.1, 0.15) is 77.0 Å². The van der Waals surface area contributed by atoms with Crippen LogP contribution in [0.5, 0.6) is 0 Å². The molecule has 3 fully saturated rings. The molecule has 1 heterocycles. The monoisotopic (exact) mass is 328 g/mol. The van der Waals surface area contributed by atoms with Crippen LogP contribution >= 0.6 is 15.9 Å². The molecule has 1 spiro atoms. The van der Waals surface area contributed by atoms with E-state index in [-0.39, 0.29) is 0 Å². The second-order valence-corrected chi connectivity index (χ2v) is 8.52. The normalized spacial score (nSPS) is 39.9. The predicted molar refractivity (Wildman–Crippen MR) is 83.8 cm³/mol. The topological polar surface area (TPSA) is 9.23 Å². The molecule has 3 unspecified atom stereocenters. The summed E-state index contributed by atoms with van der Waals surface area (Å²) in [5.41, 5.74) is 0.301. The molecular formula is C17H29BrO. The molecule has 19 heavy (non-hydrogen) atoms. The summed E-state index contributed by atoms with van der Waals surface area (Å²) in [5, 5.41) is 0. The van der Waals surface area contributed by atoms with E-state index in [1.54, 1.807) is 0 Å². The van der Waals surface area contributed by atoms with Gasteiger partial charge in [0, 0.05) is 11.4 Å². The van der Waals surface area contributed by atoms with Gasteiger partial charge in [-0.2, -0.15) is 0 Å². The third-order valence-electron chi connectivity index (χ3n) is 5.86. The van der Waals surface area contributed by atoms with Gasteiger partial charge in [0.05, 0.1) is 5.60 Å². The molecule has 0 N–H and O–H groups in total. The van der Waals surface area contributed by atoms with E-state index in [9.17, 15) is 0 Å². The van der Waals surface area contributed by atoms with Crippen molar-refractivity contribution in [2.24, 2.45) is 11.8 Å². The van der Waals surface area contributed by atoms with Crippen LogP contribution in [0, 0.1) is 11.8 Å². The second kappa shape index (κ2) is 6.47. The van der Waals surface area contributed by atoms with Crippen molar-refractivity contribution in [2.75, 3.05) is 6.61 Å². The summed E-state index contributed by atoms with van der Waals surface area (Å²) in [5.74, 6) is 1.92. The minimum atomic E-state index is 0.301. The van der Waals surface area contributed by atoms with Crippen LogP contribution in [-0.2, 0) is 4.74 Å². The molecule has 3 atom stereocenters. The molecule has 2 heteroatoms. The third-order valence-corrected chi connectivity index (χ3v) is 6.69. The van der Waals surface area contributed by atoms with Crippen molar-refractivity contribution in [1.29, 1.82) is 0 Å². The van der Waals surface area contributed by atoms with Gasteiger partial charge in [-0.15, -0.1) is 0 Å². The lowest BCUT2D eigenvalue weighted by molar-refractivity contribution is -0.125. The highest BCUT2D eigenvalue weighted by Crippen LogP contribution is 2.45. The van der Waals surface area contributed by atoms with E-state index >= 15 is 0 Å². The van der Waals surface area contributed by atoms with E-state index in [1.807, 2.05) is 0 Å². The Balaban J connectivity index is 1.63. The number of rotatable bonds is 1. The molecule has 0 aromatic heterocycles. The maximum absolute atomic E-state index is 6.27. The number of hydrogen-bond acceptors (Lipinski definition) is 1. The zero-order valence-electron chi connectivity index (χ0n) is 12.2. The highest BCUT2D eigenvalue weighted by atomic mass is 79.9. The van der Waals surface area contributed by atoms with Crippen molar-refractivity contribution >= 4 is 15.9 Å². The fourth-order valence-corrected chi connectivity index (χ4v) is 5.58. The summed E-state index contributed by atoms with van der Waals surface area (Å²) in [6.07, 6.45) is 16.8. The lowest BCUT2D eigenvalue weighted by Gasteiger charge is -2.45. The van der Waals surface area contributed by atoms with E-state index in [1.165, 1.54) is 77.0 Å². The van der Waals surface area contributed by atoms with Gasteiger partial charge >= 0.3 is 0 Å². The highest BCUT2D eigenvalue weighted by Gasteiger charge is 2.41. The highest BCUT2D eigenvalue weighted by molar-refractivity contribution is 9.09. The molecule has 0 bridgehead atoms. The van der Waals surface area contributed by atoms with Crippen LogP contribution < -0.4 is 0 Å². The molecule has 1 saturated heterocycles. The van der Waals surface area contributed by atoms with E-state index in [2.05, 4.69) is 15.9 Å². The molecule has 1 aliphatic heterocycles. The van der Waals surface area contributed by atoms with E-state index in [0.29, 0.717) is 5.60 Å². The molecule has 2 saturated carbocycles. The van der Waals surface area contributed by atoms with Gasteiger partial charge in [0.25, 0.3) is 0 Å². The Hall–Kier alpha value is 0.440. The first-order valence-electron chi connectivity index (χ1n) is 8.55. The van der Waals surface area contributed by atoms with Crippen LogP contribution in [0.2, 0.25) is 0 Å². The Bertz CT molecular complexity index is 279. The SMILES string of the molecule is BrC1CCCCC(C2CCOC3(CCCCC3)C2)C1. The summed E-state index contributed by atoms with van der Waals surface area (Å²) in [6.45, 7) is 1.04. The molecule has 0 aromatic carbocycles. The average molecular weight is 329 g/mol. The van der Waals surface area contributed by atoms with Gasteiger partial charge in [0.15, 0.2) is 0 Å². The van der Waals surface area contributed by atoms with Gasteiger partial charge in [-0.25, -0.2) is 0 Å². The molecule has 0 aromatic rings. The van der Waals surface area contributed by atoms with E-state index < -0.39 is 0 Å². The van der Waals surface area contributed by atoms with E-state index in [4.69, 9.17) is 4.74 Å². The summed E-state index contributed by atoms with van der Waals surface area (Å²) in [7, 11) is 0. The first-order chi connectivity index (χ1) is 9.27. The predicted octanol–water partition coefficient (Wildman–Crippen LogP) is 5.46. The fraction of sp³-hybridized carbons (Fsp3) is 1.00. The van der Waals surface area contributed by atoms with Crippen molar-refractivity contribution in [1.82, 2.24) is 0 Å². The van der Waals surface area contributed by atoms with Crippen LogP contribution in [0.15, 0.2) is 0 Å². The molecule has 3 rings (SSSR count). The van der Waals surface area contributed by atoms with Gasteiger partial charge in [-0.05, 0) is 50.4 Å². The maximum Gasteiger partial charge on any atom is 0.0685 e. The lowest BCUT2D eigenvalue weighted by atomic mass is 9.71. The first kappa shape index (κ1) is 14.4. The van der Waals surface area contributed by atoms with Gasteiger partial charge in [0.2, 0.25) is 0 Å². The van der Waals surface area contributed by atoms with Crippen LogP contribution in [0.4, 0.5) is 0 Å². The fourth-order valence-electron chi connectivity index (χ4n) is 4.78. The third kappa shape index (κ3) is 3.56. The Morgan fingerprint density at radius 1 is 0.842 bits per heavy atom. The zero-order chi connectivity index (χ0) is 13.1. The van der Waals surface area contributed by atoms with Crippen LogP contribution in [0.25, 0.3) is 0 Å². The van der Waals surface area contributed by atoms with Gasteiger partial charge < -0.3 is 4.74 Å². The molecule has 0 amide bonds. The van der Waals surface area contributed by atoms with Crippen molar-refractivity contribution in [3.63, 3.8) is 0 Å². The average Bonchev–Trinajstić information content (AvgIpc) is 2.64. The minimum Gasteiger partial charge on any atom is -0.375 e.